The van der Waals surface area contributed by atoms with Crippen LogP contribution in [-0.2, 0) is 4.79 Å². The molecule has 1 N–H and O–H groups in total. The number of hydrogen-bond donors (Lipinski definition) is 1. The SMILES string of the molecule is O=C(O)C1CCN(c2ccc(Cl)c(Cl)c2Cl)C1. The quantitative estimate of drug-likeness (QED) is 0.848. The van der Waals surface area contributed by atoms with Crippen molar-refractivity contribution in [2.24, 2.45) is 5.92 Å². The zero-order valence-electron chi connectivity index (χ0n) is 8.79. The topological polar surface area (TPSA) is 40.5 Å². The van der Waals surface area contributed by atoms with Gasteiger partial charge in [-0.25, -0.2) is 0 Å². The largest absolute Gasteiger partial charge is 0.481 e. The number of carbonyl (C=O) groups is 1. The summed E-state index contributed by atoms with van der Waals surface area (Å²) in [6.45, 7) is 1.11. The van der Waals surface area contributed by atoms with E-state index in [1.807, 2.05) is 4.90 Å². The molecule has 1 aromatic carbocycles. The van der Waals surface area contributed by atoms with Crippen molar-refractivity contribution >= 4 is 46.5 Å². The lowest BCUT2D eigenvalue weighted by Crippen LogP contribution is -2.22. The van der Waals surface area contributed by atoms with Gasteiger partial charge >= 0.3 is 5.97 Å². The van der Waals surface area contributed by atoms with Gasteiger partial charge in [-0.05, 0) is 18.6 Å². The second kappa shape index (κ2) is 4.92. The van der Waals surface area contributed by atoms with Crippen molar-refractivity contribution < 1.29 is 9.90 Å². The number of hydrogen-bond acceptors (Lipinski definition) is 2. The van der Waals surface area contributed by atoms with Gasteiger partial charge in [-0.15, -0.1) is 0 Å². The highest BCUT2D eigenvalue weighted by Gasteiger charge is 2.29. The molecule has 3 nitrogen and oxygen atoms in total. The second-order valence-corrected chi connectivity index (χ2v) is 5.13. The van der Waals surface area contributed by atoms with Crippen LogP contribution in [0.1, 0.15) is 6.42 Å². The molecular weight excluding hydrogens is 284 g/mol. The van der Waals surface area contributed by atoms with Crippen LogP contribution in [0, 0.1) is 5.92 Å². The maximum Gasteiger partial charge on any atom is 0.308 e. The first kappa shape index (κ1) is 12.8. The van der Waals surface area contributed by atoms with E-state index in [1.165, 1.54) is 0 Å². The first-order valence-electron chi connectivity index (χ1n) is 5.12. The van der Waals surface area contributed by atoms with Crippen LogP contribution >= 0.6 is 34.8 Å². The summed E-state index contributed by atoms with van der Waals surface area (Å²) in [7, 11) is 0. The molecule has 0 aromatic heterocycles. The molecule has 92 valence electrons. The average Bonchev–Trinajstić information content (AvgIpc) is 2.75. The normalized spacial score (nSPS) is 19.7. The van der Waals surface area contributed by atoms with Gasteiger partial charge in [-0.1, -0.05) is 34.8 Å². The lowest BCUT2D eigenvalue weighted by atomic mass is 10.1. The first-order chi connectivity index (χ1) is 8.00. The van der Waals surface area contributed by atoms with E-state index in [0.29, 0.717) is 34.6 Å². The Morgan fingerprint density at radius 1 is 1.29 bits per heavy atom. The molecular formula is C11H10Cl3NO2. The first-order valence-corrected chi connectivity index (χ1v) is 6.25. The molecule has 1 heterocycles. The summed E-state index contributed by atoms with van der Waals surface area (Å²) in [5.74, 6) is -1.12. The van der Waals surface area contributed by atoms with E-state index in [2.05, 4.69) is 0 Å². The van der Waals surface area contributed by atoms with Gasteiger partial charge in [0.15, 0.2) is 0 Å². The summed E-state index contributed by atoms with van der Waals surface area (Å²) in [5.41, 5.74) is 0.741. The van der Waals surface area contributed by atoms with E-state index in [4.69, 9.17) is 39.9 Å². The zero-order chi connectivity index (χ0) is 12.6. The van der Waals surface area contributed by atoms with E-state index >= 15 is 0 Å². The summed E-state index contributed by atoms with van der Waals surface area (Å²) in [6, 6.07) is 3.43. The van der Waals surface area contributed by atoms with Crippen LogP contribution in [0.5, 0.6) is 0 Å². The number of benzene rings is 1. The van der Waals surface area contributed by atoms with Gasteiger partial charge in [-0.2, -0.15) is 0 Å². The third-order valence-electron chi connectivity index (χ3n) is 2.89. The summed E-state index contributed by atoms with van der Waals surface area (Å²) < 4.78 is 0. The number of rotatable bonds is 2. The molecule has 6 heteroatoms. The van der Waals surface area contributed by atoms with Crippen LogP contribution in [0.15, 0.2) is 12.1 Å². The van der Waals surface area contributed by atoms with Crippen LogP contribution < -0.4 is 4.90 Å². The molecule has 2 rings (SSSR count). The highest BCUT2D eigenvalue weighted by molar-refractivity contribution is 6.49. The monoisotopic (exact) mass is 293 g/mol. The van der Waals surface area contributed by atoms with Crippen molar-refractivity contribution in [3.05, 3.63) is 27.2 Å². The van der Waals surface area contributed by atoms with Crippen molar-refractivity contribution in [2.75, 3.05) is 18.0 Å². The summed E-state index contributed by atoms with van der Waals surface area (Å²) in [4.78, 5) is 12.8. The van der Waals surface area contributed by atoms with Gasteiger partial charge in [0, 0.05) is 13.1 Å². The number of halogens is 3. The number of aliphatic carboxylic acids is 1. The Hall–Kier alpha value is -0.640. The summed E-state index contributed by atoms with van der Waals surface area (Å²) in [6.07, 6.45) is 0.617. The smallest absolute Gasteiger partial charge is 0.308 e. The maximum absolute atomic E-state index is 10.9. The molecule has 1 atom stereocenters. The number of nitrogens with zero attached hydrogens (tertiary/aromatic N) is 1. The van der Waals surface area contributed by atoms with Crippen molar-refractivity contribution in [2.45, 2.75) is 6.42 Å². The van der Waals surface area contributed by atoms with Crippen molar-refractivity contribution in [3.8, 4) is 0 Å². The van der Waals surface area contributed by atoms with Crippen molar-refractivity contribution in [1.29, 1.82) is 0 Å². The maximum atomic E-state index is 10.9. The van der Waals surface area contributed by atoms with E-state index in [0.717, 1.165) is 5.69 Å². The Balaban J connectivity index is 2.25. The average molecular weight is 295 g/mol. The number of carboxylic acids is 1. The number of carboxylic acid groups (broad SMARTS) is 1. The standard InChI is InChI=1S/C11H10Cl3NO2/c12-7-1-2-8(10(14)9(7)13)15-4-3-6(5-15)11(16)17/h1-2,6H,3-5H2,(H,16,17). The van der Waals surface area contributed by atoms with Gasteiger partial charge in [0.1, 0.15) is 0 Å². The van der Waals surface area contributed by atoms with Gasteiger partial charge in [0.25, 0.3) is 0 Å². The van der Waals surface area contributed by atoms with Crippen LogP contribution in [0.3, 0.4) is 0 Å². The zero-order valence-corrected chi connectivity index (χ0v) is 11.1. The van der Waals surface area contributed by atoms with Crippen LogP contribution in [0.4, 0.5) is 5.69 Å². The molecule has 1 aromatic rings. The van der Waals surface area contributed by atoms with Crippen LogP contribution in [0.25, 0.3) is 0 Å². The second-order valence-electron chi connectivity index (χ2n) is 3.96. The summed E-state index contributed by atoms with van der Waals surface area (Å²) in [5, 5.41) is 10.0. The van der Waals surface area contributed by atoms with Gasteiger partial charge < -0.3 is 10.0 Å². The fraction of sp³-hybridized carbons (Fsp3) is 0.364. The molecule has 1 fully saturated rings. The molecule has 0 bridgehead atoms. The van der Waals surface area contributed by atoms with Gasteiger partial charge in [0.05, 0.1) is 26.7 Å². The van der Waals surface area contributed by atoms with Gasteiger partial charge in [-0.3, -0.25) is 4.79 Å². The molecule has 0 radical (unpaired) electrons. The van der Waals surface area contributed by atoms with Crippen LogP contribution in [-0.4, -0.2) is 24.2 Å². The van der Waals surface area contributed by atoms with Crippen molar-refractivity contribution in [3.63, 3.8) is 0 Å². The molecule has 1 unspecified atom stereocenters. The predicted molar refractivity (Wildman–Crippen MR) is 69.4 cm³/mol. The molecule has 0 spiro atoms. The van der Waals surface area contributed by atoms with E-state index < -0.39 is 5.97 Å². The molecule has 0 amide bonds. The molecule has 0 aliphatic carbocycles. The molecule has 1 aliphatic rings. The molecule has 0 saturated carbocycles. The van der Waals surface area contributed by atoms with E-state index in [9.17, 15) is 4.79 Å². The molecule has 17 heavy (non-hydrogen) atoms. The molecule has 1 saturated heterocycles. The van der Waals surface area contributed by atoms with Crippen LogP contribution in [0.2, 0.25) is 15.1 Å². The Morgan fingerprint density at radius 2 is 2.00 bits per heavy atom. The fourth-order valence-electron chi connectivity index (χ4n) is 1.94. The Labute approximate surface area is 114 Å². The lowest BCUT2D eigenvalue weighted by Gasteiger charge is -2.20. The Morgan fingerprint density at radius 3 is 2.59 bits per heavy atom. The van der Waals surface area contributed by atoms with Crippen molar-refractivity contribution in [1.82, 2.24) is 0 Å². The van der Waals surface area contributed by atoms with Gasteiger partial charge in [0.2, 0.25) is 0 Å². The minimum Gasteiger partial charge on any atom is -0.481 e. The fourth-order valence-corrected chi connectivity index (χ4v) is 2.59. The highest BCUT2D eigenvalue weighted by Crippen LogP contribution is 2.39. The third kappa shape index (κ3) is 2.46. The lowest BCUT2D eigenvalue weighted by molar-refractivity contribution is -0.140. The Bertz CT molecular complexity index is 464. The third-order valence-corrected chi connectivity index (χ3v) is 4.18. The van der Waals surface area contributed by atoms with E-state index in [1.54, 1.807) is 12.1 Å². The predicted octanol–water partition coefficient (Wildman–Crippen LogP) is 3.56. The molecule has 1 aliphatic heterocycles. The highest BCUT2D eigenvalue weighted by atomic mass is 35.5. The minimum atomic E-state index is -0.774. The number of anilines is 1. The minimum absolute atomic E-state index is 0.310. The Kier molecular flexibility index (Phi) is 3.71. The summed E-state index contributed by atoms with van der Waals surface area (Å²) >= 11 is 17.9. The van der Waals surface area contributed by atoms with E-state index in [-0.39, 0.29) is 5.92 Å².